The summed E-state index contributed by atoms with van der Waals surface area (Å²) >= 11 is 5.80. The molecule has 0 radical (unpaired) electrons. The third-order valence-electron chi connectivity index (χ3n) is 2.24. The van der Waals surface area contributed by atoms with Gasteiger partial charge in [-0.15, -0.1) is 0 Å². The number of aliphatic hydroxyl groups excluding tert-OH is 1. The first kappa shape index (κ1) is 11.2. The van der Waals surface area contributed by atoms with Crippen molar-refractivity contribution in [1.82, 2.24) is 4.98 Å². The zero-order valence-corrected chi connectivity index (χ0v) is 9.44. The fraction of sp³-hybridized carbons (Fsp3) is 0.250. The highest BCUT2D eigenvalue weighted by Crippen LogP contribution is 2.21. The van der Waals surface area contributed by atoms with Gasteiger partial charge in [-0.2, -0.15) is 0 Å². The van der Waals surface area contributed by atoms with Gasteiger partial charge in [-0.25, -0.2) is 4.98 Å². The first-order valence-corrected chi connectivity index (χ1v) is 5.48. The standard InChI is InChI=1S/C12H12ClNO2/c13-10-5-3-9(4-6-10)11-8-16-12(14-11)2-1-7-15/h3-6,8,15H,1-2,7H2. The molecule has 1 aromatic carbocycles. The molecule has 3 nitrogen and oxygen atoms in total. The molecule has 0 saturated heterocycles. The van der Waals surface area contributed by atoms with Crippen LogP contribution in [0.3, 0.4) is 0 Å². The van der Waals surface area contributed by atoms with Gasteiger partial charge in [-0.1, -0.05) is 23.7 Å². The minimum Gasteiger partial charge on any atom is -0.448 e. The van der Waals surface area contributed by atoms with Crippen molar-refractivity contribution >= 4 is 11.6 Å². The molecule has 4 heteroatoms. The maximum Gasteiger partial charge on any atom is 0.194 e. The van der Waals surface area contributed by atoms with Crippen LogP contribution >= 0.6 is 11.6 Å². The summed E-state index contributed by atoms with van der Waals surface area (Å²) in [5.41, 5.74) is 1.77. The molecule has 0 spiro atoms. The number of nitrogens with zero attached hydrogens (tertiary/aromatic N) is 1. The Bertz CT molecular complexity index is 450. The van der Waals surface area contributed by atoms with Crippen molar-refractivity contribution in [2.75, 3.05) is 6.61 Å². The Labute approximate surface area is 98.7 Å². The van der Waals surface area contributed by atoms with Crippen LogP contribution in [0, 0.1) is 0 Å². The topological polar surface area (TPSA) is 46.3 Å². The van der Waals surface area contributed by atoms with Gasteiger partial charge < -0.3 is 9.52 Å². The van der Waals surface area contributed by atoms with E-state index in [9.17, 15) is 0 Å². The van der Waals surface area contributed by atoms with E-state index in [2.05, 4.69) is 4.98 Å². The fourth-order valence-corrected chi connectivity index (χ4v) is 1.54. The summed E-state index contributed by atoms with van der Waals surface area (Å²) in [7, 11) is 0. The minimum absolute atomic E-state index is 0.151. The van der Waals surface area contributed by atoms with Crippen LogP contribution < -0.4 is 0 Å². The molecular weight excluding hydrogens is 226 g/mol. The first-order valence-electron chi connectivity index (χ1n) is 5.11. The molecule has 2 rings (SSSR count). The Morgan fingerprint density at radius 3 is 2.69 bits per heavy atom. The number of aliphatic hydroxyl groups is 1. The predicted octanol–water partition coefficient (Wildman–Crippen LogP) is 2.92. The number of hydrogen-bond donors (Lipinski definition) is 1. The predicted molar refractivity (Wildman–Crippen MR) is 62.4 cm³/mol. The first-order chi connectivity index (χ1) is 7.79. The highest BCUT2D eigenvalue weighted by atomic mass is 35.5. The van der Waals surface area contributed by atoms with Gasteiger partial charge in [0.2, 0.25) is 0 Å². The maximum absolute atomic E-state index is 8.70. The smallest absolute Gasteiger partial charge is 0.194 e. The molecule has 0 fully saturated rings. The Hall–Kier alpha value is -1.32. The summed E-state index contributed by atoms with van der Waals surface area (Å²) in [6.07, 6.45) is 2.95. The molecule has 1 N–H and O–H groups in total. The number of aromatic nitrogens is 1. The monoisotopic (exact) mass is 237 g/mol. The van der Waals surface area contributed by atoms with E-state index in [1.165, 1.54) is 0 Å². The van der Waals surface area contributed by atoms with Gasteiger partial charge >= 0.3 is 0 Å². The van der Waals surface area contributed by atoms with Gasteiger partial charge in [0.05, 0.1) is 0 Å². The lowest BCUT2D eigenvalue weighted by Crippen LogP contribution is -1.89. The highest BCUT2D eigenvalue weighted by Gasteiger charge is 2.05. The molecule has 0 bridgehead atoms. The Kier molecular flexibility index (Phi) is 3.59. The Morgan fingerprint density at radius 2 is 2.00 bits per heavy atom. The second-order valence-corrected chi connectivity index (χ2v) is 3.90. The van der Waals surface area contributed by atoms with Crippen molar-refractivity contribution < 1.29 is 9.52 Å². The van der Waals surface area contributed by atoms with E-state index < -0.39 is 0 Å². The van der Waals surface area contributed by atoms with Gasteiger partial charge in [0.1, 0.15) is 12.0 Å². The molecule has 16 heavy (non-hydrogen) atoms. The molecule has 1 heterocycles. The summed E-state index contributed by atoms with van der Waals surface area (Å²) in [6.45, 7) is 0.151. The normalized spacial score (nSPS) is 10.6. The molecule has 1 aromatic heterocycles. The third kappa shape index (κ3) is 2.62. The largest absolute Gasteiger partial charge is 0.448 e. The molecule has 0 aliphatic carbocycles. The van der Waals surface area contributed by atoms with Crippen LogP contribution in [-0.4, -0.2) is 16.7 Å². The van der Waals surface area contributed by atoms with Crippen LogP contribution in [0.5, 0.6) is 0 Å². The number of oxazole rings is 1. The molecule has 0 aliphatic heterocycles. The van der Waals surface area contributed by atoms with E-state index in [4.69, 9.17) is 21.1 Å². The van der Waals surface area contributed by atoms with Crippen molar-refractivity contribution in [1.29, 1.82) is 0 Å². The molecular formula is C12H12ClNO2. The molecule has 2 aromatic rings. The number of aryl methyl sites for hydroxylation is 1. The van der Waals surface area contributed by atoms with E-state index in [0.717, 1.165) is 11.3 Å². The molecule has 0 atom stereocenters. The number of halogens is 1. The average molecular weight is 238 g/mol. The molecule has 0 saturated carbocycles. The van der Waals surface area contributed by atoms with Crippen molar-refractivity contribution in [2.24, 2.45) is 0 Å². The Morgan fingerprint density at radius 1 is 1.25 bits per heavy atom. The number of hydrogen-bond acceptors (Lipinski definition) is 3. The van der Waals surface area contributed by atoms with E-state index in [-0.39, 0.29) is 6.61 Å². The van der Waals surface area contributed by atoms with Gasteiger partial charge in [0.15, 0.2) is 5.89 Å². The van der Waals surface area contributed by atoms with Crippen molar-refractivity contribution in [2.45, 2.75) is 12.8 Å². The van der Waals surface area contributed by atoms with Gasteiger partial charge in [-0.3, -0.25) is 0 Å². The average Bonchev–Trinajstić information content (AvgIpc) is 2.76. The Balaban J connectivity index is 2.15. The zero-order valence-electron chi connectivity index (χ0n) is 8.69. The zero-order chi connectivity index (χ0) is 11.4. The van der Waals surface area contributed by atoms with Gasteiger partial charge in [-0.05, 0) is 18.6 Å². The molecule has 0 amide bonds. The summed E-state index contributed by atoms with van der Waals surface area (Å²) in [5, 5.41) is 9.40. The van der Waals surface area contributed by atoms with Crippen LogP contribution in [0.1, 0.15) is 12.3 Å². The second kappa shape index (κ2) is 5.14. The number of benzene rings is 1. The van der Waals surface area contributed by atoms with Crippen LogP contribution in [0.15, 0.2) is 34.9 Å². The molecule has 84 valence electrons. The summed E-state index contributed by atoms with van der Waals surface area (Å²) in [5.74, 6) is 0.652. The minimum atomic E-state index is 0.151. The lowest BCUT2D eigenvalue weighted by Gasteiger charge is -1.94. The van der Waals surface area contributed by atoms with Crippen molar-refractivity contribution in [3.05, 3.63) is 41.4 Å². The lowest BCUT2D eigenvalue weighted by molar-refractivity contribution is 0.283. The SMILES string of the molecule is OCCCc1nc(-c2ccc(Cl)cc2)co1. The van der Waals surface area contributed by atoms with Crippen LogP contribution in [0.2, 0.25) is 5.02 Å². The van der Waals surface area contributed by atoms with E-state index >= 15 is 0 Å². The lowest BCUT2D eigenvalue weighted by atomic mass is 10.2. The van der Waals surface area contributed by atoms with E-state index in [1.807, 2.05) is 24.3 Å². The quantitative estimate of drug-likeness (QED) is 0.889. The van der Waals surface area contributed by atoms with Crippen molar-refractivity contribution in [3.63, 3.8) is 0 Å². The summed E-state index contributed by atoms with van der Waals surface area (Å²) in [6, 6.07) is 7.43. The fourth-order valence-electron chi connectivity index (χ4n) is 1.41. The van der Waals surface area contributed by atoms with Crippen LogP contribution in [0.25, 0.3) is 11.3 Å². The molecule has 0 aliphatic rings. The van der Waals surface area contributed by atoms with Crippen molar-refractivity contribution in [3.8, 4) is 11.3 Å². The second-order valence-electron chi connectivity index (χ2n) is 3.46. The summed E-state index contributed by atoms with van der Waals surface area (Å²) in [4.78, 5) is 4.33. The highest BCUT2D eigenvalue weighted by molar-refractivity contribution is 6.30. The maximum atomic E-state index is 8.70. The molecule has 0 unspecified atom stereocenters. The number of rotatable bonds is 4. The van der Waals surface area contributed by atoms with Gasteiger partial charge in [0, 0.05) is 23.6 Å². The van der Waals surface area contributed by atoms with Crippen LogP contribution in [-0.2, 0) is 6.42 Å². The third-order valence-corrected chi connectivity index (χ3v) is 2.49. The van der Waals surface area contributed by atoms with E-state index in [0.29, 0.717) is 23.8 Å². The van der Waals surface area contributed by atoms with E-state index in [1.54, 1.807) is 6.26 Å². The van der Waals surface area contributed by atoms with Gasteiger partial charge in [0.25, 0.3) is 0 Å². The van der Waals surface area contributed by atoms with Crippen LogP contribution in [0.4, 0.5) is 0 Å². The summed E-state index contributed by atoms with van der Waals surface area (Å²) < 4.78 is 5.30.